The number of benzene rings is 2. The van der Waals surface area contributed by atoms with Crippen LogP contribution in [0.1, 0.15) is 11.1 Å². The number of rotatable bonds is 2. The second-order valence-electron chi connectivity index (χ2n) is 7.18. The molecule has 0 saturated heterocycles. The standard InChI is InChI=1S/C22H18F3N3O2/c1-13-7-4-5-10-16(13)19-18-17(26(2)21(30)27(3)20(18)29)12-28(19)15-9-6-8-14(11-15)22(23,24)25/h4-12H,1-3H3. The predicted molar refractivity (Wildman–Crippen MR) is 109 cm³/mol. The highest BCUT2D eigenvalue weighted by atomic mass is 19.4. The predicted octanol–water partition coefficient (Wildman–Crippen LogP) is 4.02. The molecule has 0 spiro atoms. The van der Waals surface area contributed by atoms with Crippen molar-refractivity contribution in [2.75, 3.05) is 0 Å². The van der Waals surface area contributed by atoms with Crippen molar-refractivity contribution in [2.24, 2.45) is 14.1 Å². The number of nitrogens with zero attached hydrogens (tertiary/aromatic N) is 3. The lowest BCUT2D eigenvalue weighted by Gasteiger charge is -2.14. The van der Waals surface area contributed by atoms with Crippen molar-refractivity contribution in [3.05, 3.63) is 86.7 Å². The quantitative estimate of drug-likeness (QED) is 0.498. The Hall–Kier alpha value is -3.55. The molecule has 2 heterocycles. The number of hydrogen-bond acceptors (Lipinski definition) is 2. The highest BCUT2D eigenvalue weighted by molar-refractivity contribution is 5.95. The van der Waals surface area contributed by atoms with Gasteiger partial charge in [0, 0.05) is 31.5 Å². The number of aromatic nitrogens is 3. The Labute approximate surface area is 169 Å². The van der Waals surface area contributed by atoms with Gasteiger partial charge in [0.2, 0.25) is 0 Å². The number of hydrogen-bond donors (Lipinski definition) is 0. The van der Waals surface area contributed by atoms with E-state index in [0.717, 1.165) is 22.3 Å². The maximum atomic E-state index is 13.3. The summed E-state index contributed by atoms with van der Waals surface area (Å²) in [5.74, 6) is 0. The van der Waals surface area contributed by atoms with Gasteiger partial charge in [-0.25, -0.2) is 4.79 Å². The fraction of sp³-hybridized carbons (Fsp3) is 0.182. The van der Waals surface area contributed by atoms with Crippen LogP contribution in [0.4, 0.5) is 13.2 Å². The van der Waals surface area contributed by atoms with E-state index in [1.807, 2.05) is 19.1 Å². The molecular formula is C22H18F3N3O2. The Morgan fingerprint density at radius 1 is 0.900 bits per heavy atom. The van der Waals surface area contributed by atoms with Crippen molar-refractivity contribution in [1.29, 1.82) is 0 Å². The van der Waals surface area contributed by atoms with Gasteiger partial charge < -0.3 is 4.57 Å². The van der Waals surface area contributed by atoms with E-state index < -0.39 is 23.0 Å². The van der Waals surface area contributed by atoms with Gasteiger partial charge in [0.1, 0.15) is 0 Å². The molecule has 4 aromatic rings. The molecule has 0 aliphatic rings. The summed E-state index contributed by atoms with van der Waals surface area (Å²) in [6.45, 7) is 1.86. The Morgan fingerprint density at radius 2 is 1.60 bits per heavy atom. The normalized spacial score (nSPS) is 11.9. The third-order valence-electron chi connectivity index (χ3n) is 5.29. The van der Waals surface area contributed by atoms with Crippen LogP contribution in [-0.2, 0) is 20.3 Å². The summed E-state index contributed by atoms with van der Waals surface area (Å²) in [6.07, 6.45) is -2.97. The third kappa shape index (κ3) is 2.96. The molecule has 0 unspecified atom stereocenters. The molecule has 0 atom stereocenters. The first-order valence-corrected chi connectivity index (χ1v) is 9.16. The van der Waals surface area contributed by atoms with Crippen LogP contribution in [0, 0.1) is 6.92 Å². The van der Waals surface area contributed by atoms with Crippen LogP contribution in [0.5, 0.6) is 0 Å². The highest BCUT2D eigenvalue weighted by Gasteiger charge is 2.31. The zero-order chi connectivity index (χ0) is 21.8. The summed E-state index contributed by atoms with van der Waals surface area (Å²) < 4.78 is 43.8. The van der Waals surface area contributed by atoms with Crippen molar-refractivity contribution in [1.82, 2.24) is 13.7 Å². The fourth-order valence-electron chi connectivity index (χ4n) is 3.68. The van der Waals surface area contributed by atoms with E-state index in [2.05, 4.69) is 0 Å². The van der Waals surface area contributed by atoms with Gasteiger partial charge in [-0.05, 0) is 30.7 Å². The van der Waals surface area contributed by atoms with Gasteiger partial charge in [0.15, 0.2) is 0 Å². The molecule has 0 saturated carbocycles. The monoisotopic (exact) mass is 413 g/mol. The van der Waals surface area contributed by atoms with Crippen molar-refractivity contribution in [2.45, 2.75) is 13.1 Å². The molecule has 5 nitrogen and oxygen atoms in total. The molecule has 0 aliphatic heterocycles. The van der Waals surface area contributed by atoms with Gasteiger partial charge in [0.25, 0.3) is 5.56 Å². The van der Waals surface area contributed by atoms with E-state index >= 15 is 0 Å². The van der Waals surface area contributed by atoms with Gasteiger partial charge in [-0.15, -0.1) is 0 Å². The topological polar surface area (TPSA) is 48.9 Å². The Kier molecular flexibility index (Phi) is 4.45. The van der Waals surface area contributed by atoms with E-state index in [1.165, 1.54) is 30.9 Å². The second kappa shape index (κ2) is 6.76. The minimum absolute atomic E-state index is 0.244. The average molecular weight is 413 g/mol. The van der Waals surface area contributed by atoms with Crippen molar-refractivity contribution >= 4 is 10.9 Å². The van der Waals surface area contributed by atoms with E-state index in [9.17, 15) is 22.8 Å². The molecule has 2 aromatic heterocycles. The zero-order valence-corrected chi connectivity index (χ0v) is 16.5. The molecule has 0 fully saturated rings. The first-order chi connectivity index (χ1) is 14.1. The maximum Gasteiger partial charge on any atom is 0.416 e. The Morgan fingerprint density at radius 3 is 2.27 bits per heavy atom. The SMILES string of the molecule is Cc1ccccc1-c1c2c(=O)n(C)c(=O)n(C)c2cn1-c1cccc(C(F)(F)F)c1. The Bertz CT molecular complexity index is 1410. The average Bonchev–Trinajstić information content (AvgIpc) is 3.11. The summed E-state index contributed by atoms with van der Waals surface area (Å²) in [4.78, 5) is 25.5. The first kappa shape index (κ1) is 19.8. The van der Waals surface area contributed by atoms with Crippen LogP contribution in [0.3, 0.4) is 0 Å². The zero-order valence-electron chi connectivity index (χ0n) is 16.5. The molecule has 0 amide bonds. The summed E-state index contributed by atoms with van der Waals surface area (Å²) in [5, 5.41) is 0.270. The van der Waals surface area contributed by atoms with Crippen LogP contribution < -0.4 is 11.2 Å². The van der Waals surface area contributed by atoms with E-state index in [4.69, 9.17) is 0 Å². The second-order valence-corrected chi connectivity index (χ2v) is 7.18. The lowest BCUT2D eigenvalue weighted by atomic mass is 10.0. The minimum atomic E-state index is -4.51. The van der Waals surface area contributed by atoms with Crippen LogP contribution in [0.15, 0.2) is 64.3 Å². The largest absolute Gasteiger partial charge is 0.416 e. The molecule has 4 rings (SSSR count). The molecule has 0 bridgehead atoms. The van der Waals surface area contributed by atoms with E-state index in [1.54, 1.807) is 22.8 Å². The molecule has 8 heteroatoms. The van der Waals surface area contributed by atoms with Crippen molar-refractivity contribution < 1.29 is 13.2 Å². The van der Waals surface area contributed by atoms with Crippen LogP contribution >= 0.6 is 0 Å². The Balaban J connectivity index is 2.19. The lowest BCUT2D eigenvalue weighted by Crippen LogP contribution is -2.36. The molecule has 0 N–H and O–H groups in total. The lowest BCUT2D eigenvalue weighted by molar-refractivity contribution is -0.137. The molecule has 0 radical (unpaired) electrons. The van der Waals surface area contributed by atoms with Crippen LogP contribution in [-0.4, -0.2) is 13.7 Å². The number of fused-ring (bicyclic) bond motifs is 1. The minimum Gasteiger partial charge on any atom is -0.314 e. The van der Waals surface area contributed by atoms with Gasteiger partial charge in [-0.1, -0.05) is 30.3 Å². The molecule has 30 heavy (non-hydrogen) atoms. The summed E-state index contributed by atoms with van der Waals surface area (Å²) in [7, 11) is 2.91. The fourth-order valence-corrected chi connectivity index (χ4v) is 3.68. The maximum absolute atomic E-state index is 13.3. The highest BCUT2D eigenvalue weighted by Crippen LogP contribution is 2.35. The summed E-state index contributed by atoms with van der Waals surface area (Å²) in [5.41, 5.74) is 0.769. The number of halogens is 3. The number of aryl methyl sites for hydroxylation is 2. The molecular weight excluding hydrogens is 395 g/mol. The van der Waals surface area contributed by atoms with Crippen LogP contribution in [0.25, 0.3) is 27.8 Å². The van der Waals surface area contributed by atoms with Gasteiger partial charge in [-0.3, -0.25) is 13.9 Å². The number of alkyl halides is 3. The first-order valence-electron chi connectivity index (χ1n) is 9.16. The third-order valence-corrected chi connectivity index (χ3v) is 5.29. The van der Waals surface area contributed by atoms with Gasteiger partial charge in [0.05, 0.1) is 22.2 Å². The van der Waals surface area contributed by atoms with Gasteiger partial charge in [-0.2, -0.15) is 13.2 Å². The molecule has 0 aliphatic carbocycles. The van der Waals surface area contributed by atoms with E-state index in [0.29, 0.717) is 16.8 Å². The summed E-state index contributed by atoms with van der Waals surface area (Å²) >= 11 is 0. The van der Waals surface area contributed by atoms with Gasteiger partial charge >= 0.3 is 11.9 Å². The molecule has 154 valence electrons. The molecule has 2 aromatic carbocycles. The summed E-state index contributed by atoms with van der Waals surface area (Å²) in [6, 6.07) is 12.2. The van der Waals surface area contributed by atoms with Crippen molar-refractivity contribution in [3.8, 4) is 16.9 Å². The van der Waals surface area contributed by atoms with E-state index in [-0.39, 0.29) is 11.1 Å². The van der Waals surface area contributed by atoms with Crippen molar-refractivity contribution in [3.63, 3.8) is 0 Å². The smallest absolute Gasteiger partial charge is 0.314 e. The van der Waals surface area contributed by atoms with Crippen LogP contribution in [0.2, 0.25) is 0 Å².